The van der Waals surface area contributed by atoms with Gasteiger partial charge in [0.15, 0.2) is 5.13 Å². The Morgan fingerprint density at radius 1 is 1.26 bits per heavy atom. The van der Waals surface area contributed by atoms with Crippen LogP contribution in [0.2, 0.25) is 0 Å². The van der Waals surface area contributed by atoms with Gasteiger partial charge in [-0.25, -0.2) is 9.78 Å². The maximum atomic E-state index is 12.1. The van der Waals surface area contributed by atoms with Crippen LogP contribution in [-0.4, -0.2) is 37.4 Å². The second-order valence-electron chi connectivity index (χ2n) is 6.76. The highest BCUT2D eigenvalue weighted by atomic mass is 32.2. The van der Waals surface area contributed by atoms with Crippen molar-refractivity contribution in [3.05, 3.63) is 65.7 Å². The molecule has 35 heavy (non-hydrogen) atoms. The Hall–Kier alpha value is -3.49. The predicted octanol–water partition coefficient (Wildman–Crippen LogP) is 5.06. The molecule has 1 atom stereocenters. The number of carbonyl (C=O) groups is 2. The molecule has 192 valence electrons. The highest BCUT2D eigenvalue weighted by Gasteiger charge is 2.30. The fourth-order valence-corrected chi connectivity index (χ4v) is 3.53. The predicted molar refractivity (Wildman–Crippen MR) is 129 cm³/mol. The summed E-state index contributed by atoms with van der Waals surface area (Å²) in [6.07, 6.45) is -2.73. The zero-order chi connectivity index (χ0) is 26.0. The molecule has 0 spiro atoms. The zero-order valence-corrected chi connectivity index (χ0v) is 19.5. The number of hydrogen-bond donors (Lipinski definition) is 3. The second kappa shape index (κ2) is 12.8. The highest BCUT2D eigenvalue weighted by molar-refractivity contribution is 7.79. The lowest BCUT2D eigenvalue weighted by Crippen LogP contribution is -2.23. The van der Waals surface area contributed by atoms with Crippen LogP contribution >= 0.6 is 11.3 Å². The fourth-order valence-electron chi connectivity index (χ4n) is 2.79. The number of halogens is 3. The van der Waals surface area contributed by atoms with Crippen molar-refractivity contribution in [1.29, 1.82) is 0 Å². The average molecular weight is 534 g/mol. The number of alkyl halides is 3. The third-order valence-corrected chi connectivity index (χ3v) is 5.57. The average Bonchev–Trinajstić information content (AvgIpc) is 3.45. The van der Waals surface area contributed by atoms with Crippen LogP contribution in [0.15, 0.2) is 65.0 Å². The van der Waals surface area contributed by atoms with E-state index in [4.69, 9.17) is 10.8 Å². The van der Waals surface area contributed by atoms with E-state index >= 15 is 0 Å². The van der Waals surface area contributed by atoms with Crippen molar-refractivity contribution in [3.8, 4) is 0 Å². The molecule has 2 aromatic carbocycles. The summed E-state index contributed by atoms with van der Waals surface area (Å²) in [7, 11) is 0. The first-order chi connectivity index (χ1) is 16.5. The first kappa shape index (κ1) is 27.8. The van der Waals surface area contributed by atoms with Crippen molar-refractivity contribution >= 4 is 50.9 Å². The van der Waals surface area contributed by atoms with Crippen molar-refractivity contribution in [2.45, 2.75) is 23.9 Å². The number of hydrogen-bond acceptors (Lipinski definition) is 7. The third kappa shape index (κ3) is 9.35. The number of amides is 2. The molecule has 1 aromatic heterocycles. The van der Waals surface area contributed by atoms with Crippen molar-refractivity contribution in [3.63, 3.8) is 0 Å². The molecule has 1 aliphatic rings. The summed E-state index contributed by atoms with van der Waals surface area (Å²) in [6, 6.07) is 10.3. The van der Waals surface area contributed by atoms with Gasteiger partial charge in [0.2, 0.25) is 5.91 Å². The monoisotopic (exact) mass is 533 g/mol. The van der Waals surface area contributed by atoms with E-state index in [1.807, 2.05) is 10.7 Å². The van der Waals surface area contributed by atoms with E-state index in [-0.39, 0.29) is 19.3 Å². The van der Waals surface area contributed by atoms with E-state index in [9.17, 15) is 31.5 Å². The Morgan fingerprint density at radius 3 is 2.37 bits per heavy atom. The van der Waals surface area contributed by atoms with Crippen LogP contribution in [0.25, 0.3) is 0 Å². The van der Waals surface area contributed by atoms with Gasteiger partial charge in [-0.3, -0.25) is 14.3 Å². The largest absolute Gasteiger partial charge is 0.768 e. The number of nitrogens with two attached hydrogens (primary N) is 1. The minimum Gasteiger partial charge on any atom is -0.768 e. The molecule has 14 heteroatoms. The van der Waals surface area contributed by atoms with Crippen molar-refractivity contribution in [1.82, 2.24) is 4.98 Å². The fraction of sp³-hybridized carbons (Fsp3) is 0.190. The van der Waals surface area contributed by atoms with Crippen molar-refractivity contribution < 1.29 is 39.5 Å². The molecular formula is C21H24F3N4O5S2-. The van der Waals surface area contributed by atoms with E-state index in [1.54, 1.807) is 23.2 Å². The maximum Gasteiger partial charge on any atom is 0.416 e. The zero-order valence-electron chi connectivity index (χ0n) is 17.9. The molecule has 2 amide bonds. The molecule has 0 radical (unpaired) electrons. The summed E-state index contributed by atoms with van der Waals surface area (Å²) in [5, 5.41) is 12.6. The summed E-state index contributed by atoms with van der Waals surface area (Å²) < 4.78 is 57.6. The molecule has 0 saturated carbocycles. The van der Waals surface area contributed by atoms with Gasteiger partial charge in [-0.05, 0) is 60.0 Å². The topological polar surface area (TPSA) is 149 Å². The van der Waals surface area contributed by atoms with Gasteiger partial charge in [0.25, 0.3) is 0 Å². The van der Waals surface area contributed by atoms with E-state index in [1.165, 1.54) is 29.5 Å². The molecule has 4 N–H and O–H groups in total. The van der Waals surface area contributed by atoms with Crippen LogP contribution in [0.1, 0.15) is 21.3 Å². The van der Waals surface area contributed by atoms with Gasteiger partial charge in [0.05, 0.1) is 5.56 Å². The van der Waals surface area contributed by atoms with Gasteiger partial charge in [-0.15, -0.1) is 11.3 Å². The first-order valence-electron chi connectivity index (χ1n) is 9.79. The van der Waals surface area contributed by atoms with Crippen LogP contribution in [0.3, 0.4) is 0 Å². The molecule has 1 unspecified atom stereocenters. The maximum absolute atomic E-state index is 12.1. The van der Waals surface area contributed by atoms with Gasteiger partial charge in [0.1, 0.15) is 0 Å². The van der Waals surface area contributed by atoms with Crippen LogP contribution < -0.4 is 16.0 Å². The Labute approximate surface area is 207 Å². The number of thiazole rings is 1. The minimum atomic E-state index is -4.46. The lowest BCUT2D eigenvalue weighted by molar-refractivity contribution is -0.137. The van der Waals surface area contributed by atoms with Crippen LogP contribution in [0.4, 0.5) is 34.5 Å². The number of benzene rings is 2. The van der Waals surface area contributed by atoms with Crippen LogP contribution in [0.5, 0.6) is 0 Å². The second-order valence-corrected chi connectivity index (χ2v) is 8.62. The number of carbonyl (C=O) groups excluding carboxylic acids is 1. The van der Waals surface area contributed by atoms with Gasteiger partial charge < -0.3 is 20.3 Å². The van der Waals surface area contributed by atoms with Gasteiger partial charge in [-0.2, -0.15) is 13.2 Å². The SMILES string of the molecule is Nc1nccs1.O=C(O)Nc1cccc(C(F)(F)F)c1.O=C1CCCN1c1ccc(S(=O)[O-])cc1.[HH].[HH]. The van der Waals surface area contributed by atoms with E-state index in [2.05, 4.69) is 4.98 Å². The summed E-state index contributed by atoms with van der Waals surface area (Å²) in [6.45, 7) is 0.721. The number of rotatable bonds is 3. The summed E-state index contributed by atoms with van der Waals surface area (Å²) >= 11 is -0.756. The molecule has 1 aliphatic heterocycles. The number of nitrogens with zero attached hydrogens (tertiary/aromatic N) is 2. The lowest BCUT2D eigenvalue weighted by Gasteiger charge is -2.16. The molecule has 1 fully saturated rings. The highest BCUT2D eigenvalue weighted by Crippen LogP contribution is 2.30. The molecule has 2 heterocycles. The van der Waals surface area contributed by atoms with E-state index in [0.29, 0.717) is 11.6 Å². The minimum absolute atomic E-state index is 0. The van der Waals surface area contributed by atoms with Crippen LogP contribution in [-0.2, 0) is 22.1 Å². The smallest absolute Gasteiger partial charge is 0.416 e. The van der Waals surface area contributed by atoms with Gasteiger partial charge >= 0.3 is 12.3 Å². The normalized spacial score (nSPS) is 13.7. The summed E-state index contributed by atoms with van der Waals surface area (Å²) in [5.74, 6) is 0.103. The number of nitrogens with one attached hydrogen (secondary N) is 1. The molecule has 3 aromatic rings. The first-order valence-corrected chi connectivity index (χ1v) is 11.7. The van der Waals surface area contributed by atoms with E-state index in [0.717, 1.165) is 36.9 Å². The molecular weight excluding hydrogens is 509 g/mol. The quantitative estimate of drug-likeness (QED) is 0.398. The Balaban J connectivity index is 0.000000551. The number of carboxylic acid groups (broad SMARTS) is 1. The number of nitrogen functional groups attached to an aromatic ring is 1. The Morgan fingerprint density at radius 2 is 1.94 bits per heavy atom. The Bertz CT molecular complexity index is 1150. The summed E-state index contributed by atoms with van der Waals surface area (Å²) in [4.78, 5) is 27.2. The molecule has 0 aliphatic carbocycles. The number of anilines is 3. The molecule has 0 bridgehead atoms. The molecule has 9 nitrogen and oxygen atoms in total. The summed E-state index contributed by atoms with van der Waals surface area (Å²) in [5.41, 5.74) is 4.97. The number of aromatic nitrogens is 1. The van der Waals surface area contributed by atoms with Crippen molar-refractivity contribution in [2.75, 3.05) is 22.5 Å². The standard InChI is InChI=1S/C10H11NO3S.C8H6F3NO2.C3H4N2S.2H2/c12-10-2-1-7-11(10)8-3-5-9(6-4-8)15(13)14;9-8(10,11)5-2-1-3-6(4-5)12-7(13)14;4-3-5-1-2-6-3;;/h3-6H,1-2,7H2,(H,13,14);1-4,12H,(H,13,14);1-2H,(H2,4,5);2*1H/p-1. The molecule has 4 rings (SSSR count). The lowest BCUT2D eigenvalue weighted by atomic mass is 10.2. The third-order valence-electron chi connectivity index (χ3n) is 4.31. The van der Waals surface area contributed by atoms with Crippen molar-refractivity contribution in [2.24, 2.45) is 0 Å². The Kier molecular flexibility index (Phi) is 10.2. The van der Waals surface area contributed by atoms with E-state index < -0.39 is 28.9 Å². The van der Waals surface area contributed by atoms with Gasteiger partial charge in [0, 0.05) is 43.7 Å². The molecule has 1 saturated heterocycles. The van der Waals surface area contributed by atoms with Crippen LogP contribution in [0, 0.1) is 0 Å². The van der Waals surface area contributed by atoms with Gasteiger partial charge in [-0.1, -0.05) is 6.07 Å².